The molecule has 6 nitrogen and oxygen atoms in total. The lowest BCUT2D eigenvalue weighted by atomic mass is 9.94. The van der Waals surface area contributed by atoms with Crippen LogP contribution in [0.25, 0.3) is 0 Å². The molecule has 3 saturated heterocycles. The van der Waals surface area contributed by atoms with Gasteiger partial charge in [0, 0.05) is 51.3 Å². The molecule has 0 aromatic heterocycles. The van der Waals surface area contributed by atoms with Crippen molar-refractivity contribution in [2.24, 2.45) is 11.8 Å². The molecule has 3 heterocycles. The number of likely N-dealkylation sites (tertiary alicyclic amines) is 1. The minimum absolute atomic E-state index is 0.00234. The molecule has 1 aromatic rings. The van der Waals surface area contributed by atoms with Crippen LogP contribution in [0.15, 0.2) is 24.3 Å². The van der Waals surface area contributed by atoms with E-state index in [1.165, 1.54) is 6.07 Å². The Morgan fingerprint density at radius 2 is 2.03 bits per heavy atom. The van der Waals surface area contributed by atoms with Crippen LogP contribution >= 0.6 is 0 Å². The van der Waals surface area contributed by atoms with E-state index in [2.05, 4.69) is 15.1 Å². The fourth-order valence-corrected chi connectivity index (χ4v) is 5.02. The molecule has 1 N–H and O–H groups in total. The van der Waals surface area contributed by atoms with E-state index in [0.717, 1.165) is 77.4 Å². The number of morpholine rings is 1. The number of carbonyl (C=O) groups excluding carboxylic acids is 1. The van der Waals surface area contributed by atoms with Crippen molar-refractivity contribution in [3.05, 3.63) is 35.6 Å². The number of hydrogen-bond donors (Lipinski definition) is 1. The SMILES string of the molecule is O=C(NCC(C1CCOC1)N1CCOCC1)C1CCCN(Cc2cccc(F)c2)C1. The highest BCUT2D eigenvalue weighted by Gasteiger charge is 2.33. The zero-order chi connectivity index (χ0) is 20.8. The van der Waals surface area contributed by atoms with Gasteiger partial charge in [-0.05, 0) is 43.5 Å². The standard InChI is InChI=1S/C23H34FN3O3/c24-21-5-1-3-18(13-21)15-26-7-2-4-19(16-26)23(28)25-14-22(20-6-10-30-17-20)27-8-11-29-12-9-27/h1,3,5,13,19-20,22H,2,4,6-12,14-17H2,(H,25,28). The van der Waals surface area contributed by atoms with Gasteiger partial charge in [0.2, 0.25) is 5.91 Å². The van der Waals surface area contributed by atoms with Crippen molar-refractivity contribution >= 4 is 5.91 Å². The molecule has 0 spiro atoms. The first-order valence-corrected chi connectivity index (χ1v) is 11.3. The van der Waals surface area contributed by atoms with Crippen LogP contribution in [0, 0.1) is 17.7 Å². The molecule has 30 heavy (non-hydrogen) atoms. The second kappa shape index (κ2) is 10.7. The number of halogens is 1. The highest BCUT2D eigenvalue weighted by molar-refractivity contribution is 5.79. The van der Waals surface area contributed by atoms with Gasteiger partial charge in [0.1, 0.15) is 5.82 Å². The zero-order valence-electron chi connectivity index (χ0n) is 17.7. The molecule has 0 saturated carbocycles. The minimum atomic E-state index is -0.205. The van der Waals surface area contributed by atoms with E-state index in [0.29, 0.717) is 25.0 Å². The van der Waals surface area contributed by atoms with Gasteiger partial charge in [-0.3, -0.25) is 14.6 Å². The Balaban J connectivity index is 1.30. The summed E-state index contributed by atoms with van der Waals surface area (Å²) in [5.74, 6) is 0.414. The van der Waals surface area contributed by atoms with E-state index < -0.39 is 0 Å². The molecule has 0 aliphatic carbocycles. The summed E-state index contributed by atoms with van der Waals surface area (Å²) in [6.45, 7) is 8.01. The van der Waals surface area contributed by atoms with Crippen molar-refractivity contribution in [3.63, 3.8) is 0 Å². The Bertz CT molecular complexity index is 692. The Hall–Kier alpha value is -1.54. The summed E-state index contributed by atoms with van der Waals surface area (Å²) in [4.78, 5) is 17.7. The minimum Gasteiger partial charge on any atom is -0.381 e. The molecule has 3 unspecified atom stereocenters. The first-order valence-electron chi connectivity index (χ1n) is 11.3. The van der Waals surface area contributed by atoms with Crippen LogP contribution in [-0.2, 0) is 20.8 Å². The average molecular weight is 420 g/mol. The smallest absolute Gasteiger partial charge is 0.224 e. The molecule has 0 radical (unpaired) electrons. The number of carbonyl (C=O) groups is 1. The summed E-state index contributed by atoms with van der Waals surface area (Å²) in [6, 6.07) is 7.06. The van der Waals surface area contributed by atoms with E-state index >= 15 is 0 Å². The van der Waals surface area contributed by atoms with Gasteiger partial charge in [-0.25, -0.2) is 4.39 Å². The van der Waals surface area contributed by atoms with Crippen LogP contribution in [0.5, 0.6) is 0 Å². The van der Waals surface area contributed by atoms with Crippen LogP contribution in [0.3, 0.4) is 0 Å². The van der Waals surface area contributed by atoms with Crippen LogP contribution in [0.2, 0.25) is 0 Å². The molecule has 3 aliphatic rings. The maximum Gasteiger partial charge on any atom is 0.224 e. The molecule has 3 fully saturated rings. The second-order valence-electron chi connectivity index (χ2n) is 8.79. The number of benzene rings is 1. The third kappa shape index (κ3) is 5.78. The lowest BCUT2D eigenvalue weighted by Gasteiger charge is -2.38. The average Bonchev–Trinajstić information content (AvgIpc) is 3.29. The summed E-state index contributed by atoms with van der Waals surface area (Å²) in [5.41, 5.74) is 0.963. The highest BCUT2D eigenvalue weighted by Crippen LogP contribution is 2.23. The number of hydrogen-bond acceptors (Lipinski definition) is 5. The zero-order valence-corrected chi connectivity index (χ0v) is 17.7. The lowest BCUT2D eigenvalue weighted by molar-refractivity contribution is -0.127. The number of piperidine rings is 1. The van der Waals surface area contributed by atoms with Crippen molar-refractivity contribution in [1.82, 2.24) is 15.1 Å². The van der Waals surface area contributed by atoms with Gasteiger partial charge in [-0.15, -0.1) is 0 Å². The van der Waals surface area contributed by atoms with Gasteiger partial charge in [0.15, 0.2) is 0 Å². The summed E-state index contributed by atoms with van der Waals surface area (Å²) in [5, 5.41) is 3.26. The molecule has 0 bridgehead atoms. The Morgan fingerprint density at radius 3 is 2.80 bits per heavy atom. The third-order valence-electron chi connectivity index (χ3n) is 6.68. The number of amides is 1. The number of rotatable bonds is 7. The third-order valence-corrected chi connectivity index (χ3v) is 6.68. The molecule has 3 atom stereocenters. The van der Waals surface area contributed by atoms with Gasteiger partial charge in [-0.1, -0.05) is 12.1 Å². The second-order valence-corrected chi connectivity index (χ2v) is 8.79. The Labute approximate surface area is 178 Å². The molecular formula is C23H34FN3O3. The fraction of sp³-hybridized carbons (Fsp3) is 0.696. The topological polar surface area (TPSA) is 54.0 Å². The molecule has 166 valence electrons. The molecule has 3 aliphatic heterocycles. The van der Waals surface area contributed by atoms with Gasteiger partial charge in [0.05, 0.1) is 25.7 Å². The number of nitrogens with zero attached hydrogens (tertiary/aromatic N) is 2. The highest BCUT2D eigenvalue weighted by atomic mass is 19.1. The summed E-state index contributed by atoms with van der Waals surface area (Å²) < 4.78 is 24.6. The van der Waals surface area contributed by atoms with Crippen molar-refractivity contribution in [2.75, 3.05) is 59.2 Å². The van der Waals surface area contributed by atoms with E-state index in [9.17, 15) is 9.18 Å². The van der Waals surface area contributed by atoms with E-state index in [1.54, 1.807) is 12.1 Å². The van der Waals surface area contributed by atoms with Gasteiger partial charge in [-0.2, -0.15) is 0 Å². The summed E-state index contributed by atoms with van der Waals surface area (Å²) in [6.07, 6.45) is 2.97. The predicted octanol–water partition coefficient (Wildman–Crippen LogP) is 1.89. The number of nitrogens with one attached hydrogen (secondary N) is 1. The Morgan fingerprint density at radius 1 is 1.17 bits per heavy atom. The predicted molar refractivity (Wildman–Crippen MR) is 113 cm³/mol. The summed E-state index contributed by atoms with van der Waals surface area (Å²) >= 11 is 0. The maximum absolute atomic E-state index is 13.5. The molecule has 1 amide bonds. The fourth-order valence-electron chi connectivity index (χ4n) is 5.02. The number of ether oxygens (including phenoxy) is 2. The van der Waals surface area contributed by atoms with Crippen LogP contribution in [0.1, 0.15) is 24.8 Å². The first-order chi connectivity index (χ1) is 14.7. The lowest BCUT2D eigenvalue weighted by Crippen LogP contribution is -2.53. The van der Waals surface area contributed by atoms with Crippen molar-refractivity contribution < 1.29 is 18.7 Å². The molecule has 1 aromatic carbocycles. The molecule has 7 heteroatoms. The molecular weight excluding hydrogens is 385 g/mol. The maximum atomic E-state index is 13.5. The van der Waals surface area contributed by atoms with E-state index in [4.69, 9.17) is 9.47 Å². The van der Waals surface area contributed by atoms with E-state index in [-0.39, 0.29) is 17.6 Å². The van der Waals surface area contributed by atoms with Crippen molar-refractivity contribution in [3.8, 4) is 0 Å². The van der Waals surface area contributed by atoms with Crippen molar-refractivity contribution in [2.45, 2.75) is 31.8 Å². The molecule has 4 rings (SSSR count). The monoisotopic (exact) mass is 419 g/mol. The first kappa shape index (κ1) is 21.7. The Kier molecular flexibility index (Phi) is 7.71. The van der Waals surface area contributed by atoms with Gasteiger partial charge in [0.25, 0.3) is 0 Å². The van der Waals surface area contributed by atoms with Crippen molar-refractivity contribution in [1.29, 1.82) is 0 Å². The van der Waals surface area contributed by atoms with E-state index in [1.807, 2.05) is 6.07 Å². The van der Waals surface area contributed by atoms with Gasteiger partial charge >= 0.3 is 0 Å². The normalized spacial score (nSPS) is 27.1. The van der Waals surface area contributed by atoms with Gasteiger partial charge < -0.3 is 14.8 Å². The van der Waals surface area contributed by atoms with Crippen LogP contribution in [-0.4, -0.2) is 80.9 Å². The quantitative estimate of drug-likeness (QED) is 0.732. The van der Waals surface area contributed by atoms with Crippen LogP contribution in [0.4, 0.5) is 4.39 Å². The largest absolute Gasteiger partial charge is 0.381 e. The summed E-state index contributed by atoms with van der Waals surface area (Å²) in [7, 11) is 0. The van der Waals surface area contributed by atoms with Crippen LogP contribution < -0.4 is 5.32 Å².